The maximum absolute atomic E-state index is 11.6. The van der Waals surface area contributed by atoms with Crippen LogP contribution in [-0.4, -0.2) is 57.1 Å². The molecular weight excluding hydrogens is 258 g/mol. The zero-order valence-electron chi connectivity index (χ0n) is 10.5. The van der Waals surface area contributed by atoms with E-state index in [0.717, 1.165) is 4.90 Å². The van der Waals surface area contributed by atoms with Crippen LogP contribution in [0.15, 0.2) is 0 Å². The fourth-order valence-corrected chi connectivity index (χ4v) is 1.48. The van der Waals surface area contributed by atoms with Gasteiger partial charge in [0.15, 0.2) is 0 Å². The third-order valence-electron chi connectivity index (χ3n) is 2.56. The van der Waals surface area contributed by atoms with Crippen LogP contribution in [0.4, 0.5) is 0 Å². The lowest BCUT2D eigenvalue weighted by molar-refractivity contribution is -0.150. The number of likely N-dealkylation sites (N-methyl/N-ethyl adjacent to an activating group) is 1. The lowest BCUT2D eigenvalue weighted by Crippen LogP contribution is -2.42. The van der Waals surface area contributed by atoms with Crippen molar-refractivity contribution in [3.8, 4) is 0 Å². The van der Waals surface area contributed by atoms with Crippen molar-refractivity contribution >= 4 is 23.8 Å². The van der Waals surface area contributed by atoms with Crippen molar-refractivity contribution in [2.75, 3.05) is 7.05 Å². The van der Waals surface area contributed by atoms with E-state index in [1.165, 1.54) is 7.05 Å². The van der Waals surface area contributed by atoms with Crippen molar-refractivity contribution in [2.45, 2.75) is 38.1 Å². The van der Waals surface area contributed by atoms with E-state index in [9.17, 15) is 19.2 Å². The highest BCUT2D eigenvalue weighted by Gasteiger charge is 2.26. The number of carbonyl (C=O) groups is 4. The minimum atomic E-state index is -1.28. The van der Waals surface area contributed by atoms with Crippen LogP contribution in [0.3, 0.4) is 0 Å². The molecule has 1 amide bonds. The fourth-order valence-electron chi connectivity index (χ4n) is 1.48. The summed E-state index contributed by atoms with van der Waals surface area (Å²) in [4.78, 5) is 44.2. The molecule has 8 nitrogen and oxygen atoms in total. The van der Waals surface area contributed by atoms with Crippen molar-refractivity contribution in [3.63, 3.8) is 0 Å². The summed E-state index contributed by atoms with van der Waals surface area (Å²) in [6, 6.07) is -1.21. The Hall–Kier alpha value is -2.12. The maximum atomic E-state index is 11.6. The first-order valence-corrected chi connectivity index (χ1v) is 5.67. The second-order valence-electron chi connectivity index (χ2n) is 4.04. The molecule has 0 aliphatic rings. The van der Waals surface area contributed by atoms with Crippen LogP contribution in [0.2, 0.25) is 0 Å². The van der Waals surface area contributed by atoms with Gasteiger partial charge in [0.05, 0.1) is 0 Å². The first kappa shape index (κ1) is 16.9. The van der Waals surface area contributed by atoms with Crippen molar-refractivity contribution < 1.29 is 34.5 Å². The number of carboxylic acid groups (broad SMARTS) is 3. The molecule has 19 heavy (non-hydrogen) atoms. The average molecular weight is 275 g/mol. The predicted octanol–water partition coefficient (Wildman–Crippen LogP) is 0.0177. The lowest BCUT2D eigenvalue weighted by atomic mass is 10.1. The molecule has 0 radical (unpaired) electrons. The van der Waals surface area contributed by atoms with Crippen molar-refractivity contribution in [3.05, 3.63) is 0 Å². The molecule has 0 aliphatic carbocycles. The number of nitrogens with zero attached hydrogens (tertiary/aromatic N) is 1. The SMILES string of the molecule is CN(C(=O)CCCC(=O)O)C(CCC(=O)O)C(=O)O. The van der Waals surface area contributed by atoms with Gasteiger partial charge < -0.3 is 20.2 Å². The number of aliphatic carboxylic acids is 3. The minimum absolute atomic E-state index is 0.0837. The summed E-state index contributed by atoms with van der Waals surface area (Å²) in [6.45, 7) is 0. The summed E-state index contributed by atoms with van der Waals surface area (Å²) in [7, 11) is 1.27. The van der Waals surface area contributed by atoms with Crippen LogP contribution < -0.4 is 0 Å². The van der Waals surface area contributed by atoms with Gasteiger partial charge in [-0.2, -0.15) is 0 Å². The zero-order valence-corrected chi connectivity index (χ0v) is 10.5. The first-order valence-electron chi connectivity index (χ1n) is 5.67. The lowest BCUT2D eigenvalue weighted by Gasteiger charge is -2.24. The number of hydrogen-bond donors (Lipinski definition) is 3. The fraction of sp³-hybridized carbons (Fsp3) is 0.636. The third kappa shape index (κ3) is 7.02. The summed E-state index contributed by atoms with van der Waals surface area (Å²) in [6.07, 6.45) is -0.689. The monoisotopic (exact) mass is 275 g/mol. The molecule has 3 N–H and O–H groups in total. The molecule has 0 heterocycles. The quantitative estimate of drug-likeness (QED) is 0.540. The Balaban J connectivity index is 4.40. The summed E-state index contributed by atoms with van der Waals surface area (Å²) in [5.41, 5.74) is 0. The molecule has 0 aromatic heterocycles. The van der Waals surface area contributed by atoms with Gasteiger partial charge in [-0.05, 0) is 12.8 Å². The van der Waals surface area contributed by atoms with Gasteiger partial charge in [0, 0.05) is 26.3 Å². The maximum Gasteiger partial charge on any atom is 0.326 e. The number of carbonyl (C=O) groups excluding carboxylic acids is 1. The van der Waals surface area contributed by atoms with E-state index in [0.29, 0.717) is 0 Å². The van der Waals surface area contributed by atoms with E-state index in [4.69, 9.17) is 15.3 Å². The second kappa shape index (κ2) is 8.06. The normalized spacial score (nSPS) is 11.6. The Labute approximate surface area is 109 Å². The van der Waals surface area contributed by atoms with Crippen LogP contribution in [0.5, 0.6) is 0 Å². The zero-order chi connectivity index (χ0) is 15.0. The van der Waals surface area contributed by atoms with E-state index < -0.39 is 29.9 Å². The highest BCUT2D eigenvalue weighted by atomic mass is 16.4. The molecule has 0 saturated carbocycles. The molecule has 0 aliphatic heterocycles. The van der Waals surface area contributed by atoms with Crippen molar-refractivity contribution in [1.82, 2.24) is 4.90 Å². The van der Waals surface area contributed by atoms with E-state index in [2.05, 4.69) is 0 Å². The Morgan fingerprint density at radius 2 is 1.47 bits per heavy atom. The van der Waals surface area contributed by atoms with E-state index in [1.807, 2.05) is 0 Å². The molecule has 0 rings (SSSR count). The number of carboxylic acids is 3. The van der Waals surface area contributed by atoms with Crippen LogP contribution in [-0.2, 0) is 19.2 Å². The second-order valence-corrected chi connectivity index (χ2v) is 4.04. The molecule has 0 bridgehead atoms. The van der Waals surface area contributed by atoms with Crippen LogP contribution in [0.25, 0.3) is 0 Å². The average Bonchev–Trinajstić information content (AvgIpc) is 2.27. The summed E-state index contributed by atoms with van der Waals surface area (Å²) in [5.74, 6) is -3.97. The molecule has 0 aromatic carbocycles. The van der Waals surface area contributed by atoms with Gasteiger partial charge in [-0.25, -0.2) is 4.79 Å². The van der Waals surface area contributed by atoms with Crippen LogP contribution in [0, 0.1) is 0 Å². The minimum Gasteiger partial charge on any atom is -0.481 e. The van der Waals surface area contributed by atoms with Crippen LogP contribution >= 0.6 is 0 Å². The highest BCUT2D eigenvalue weighted by molar-refractivity contribution is 5.84. The number of rotatable bonds is 9. The molecule has 0 spiro atoms. The van der Waals surface area contributed by atoms with Gasteiger partial charge >= 0.3 is 17.9 Å². The van der Waals surface area contributed by atoms with Gasteiger partial charge in [-0.1, -0.05) is 0 Å². The molecule has 1 atom stereocenters. The number of amides is 1. The molecule has 8 heteroatoms. The molecule has 108 valence electrons. The van der Waals surface area contributed by atoms with E-state index >= 15 is 0 Å². The summed E-state index contributed by atoms with van der Waals surface area (Å²) < 4.78 is 0. The van der Waals surface area contributed by atoms with Crippen molar-refractivity contribution in [2.24, 2.45) is 0 Å². The van der Waals surface area contributed by atoms with Gasteiger partial charge in [0.2, 0.25) is 5.91 Å². The highest BCUT2D eigenvalue weighted by Crippen LogP contribution is 2.09. The molecule has 0 aromatic rings. The topological polar surface area (TPSA) is 132 Å². The molecule has 0 fully saturated rings. The van der Waals surface area contributed by atoms with Crippen molar-refractivity contribution in [1.29, 1.82) is 0 Å². The standard InChI is InChI=1S/C11H17NO7/c1-12(8(13)3-2-4-9(14)15)7(11(18)19)5-6-10(16)17/h7H,2-6H2,1H3,(H,14,15)(H,16,17)(H,18,19). The van der Waals surface area contributed by atoms with Gasteiger partial charge in [0.1, 0.15) is 6.04 Å². The molecular formula is C11H17NO7. The predicted molar refractivity (Wildman–Crippen MR) is 62.6 cm³/mol. The largest absolute Gasteiger partial charge is 0.481 e. The summed E-state index contributed by atoms with van der Waals surface area (Å²) >= 11 is 0. The molecule has 1 unspecified atom stereocenters. The third-order valence-corrected chi connectivity index (χ3v) is 2.56. The number of hydrogen-bond acceptors (Lipinski definition) is 4. The van der Waals surface area contributed by atoms with Gasteiger partial charge in [-0.15, -0.1) is 0 Å². The van der Waals surface area contributed by atoms with E-state index in [1.54, 1.807) is 0 Å². The Kier molecular flexibility index (Phi) is 7.16. The van der Waals surface area contributed by atoms with Gasteiger partial charge in [0.25, 0.3) is 0 Å². The Morgan fingerprint density at radius 3 is 1.89 bits per heavy atom. The van der Waals surface area contributed by atoms with Crippen LogP contribution in [0.1, 0.15) is 32.1 Å². The Morgan fingerprint density at radius 1 is 0.947 bits per heavy atom. The molecule has 0 saturated heterocycles. The van der Waals surface area contributed by atoms with Gasteiger partial charge in [-0.3, -0.25) is 14.4 Å². The first-order chi connectivity index (χ1) is 8.75. The van der Waals surface area contributed by atoms with E-state index in [-0.39, 0.29) is 32.1 Å². The Bertz CT molecular complexity index is 366. The smallest absolute Gasteiger partial charge is 0.326 e. The summed E-state index contributed by atoms with van der Waals surface area (Å²) in [5, 5.41) is 25.9.